The molecule has 1 atom stereocenters. The molecule has 0 aliphatic carbocycles. The van der Waals surface area contributed by atoms with Crippen LogP contribution in [0.2, 0.25) is 5.02 Å². The third kappa shape index (κ3) is 5.44. The maximum atomic E-state index is 13.0. The summed E-state index contributed by atoms with van der Waals surface area (Å²) in [5, 5.41) is 7.27. The second kappa shape index (κ2) is 10.5. The molecule has 0 bridgehead atoms. The number of nitrogens with zero attached hydrogens (tertiary/aromatic N) is 4. The number of carbonyl (C=O) groups is 2. The van der Waals surface area contributed by atoms with E-state index in [0.717, 1.165) is 25.9 Å². The van der Waals surface area contributed by atoms with Gasteiger partial charge in [-0.2, -0.15) is 5.10 Å². The Bertz CT molecular complexity index is 1270. The number of nitrogens with one attached hydrogen (secondary N) is 1. The van der Waals surface area contributed by atoms with E-state index in [1.54, 1.807) is 46.1 Å². The summed E-state index contributed by atoms with van der Waals surface area (Å²) < 4.78 is 19.1. The van der Waals surface area contributed by atoms with Crippen LogP contribution in [-0.2, 0) is 11.3 Å². The molecule has 2 aliphatic heterocycles. The summed E-state index contributed by atoms with van der Waals surface area (Å²) >= 11 is 6.40. The van der Waals surface area contributed by atoms with Crippen LogP contribution < -0.4 is 14.8 Å². The summed E-state index contributed by atoms with van der Waals surface area (Å²) in [4.78, 5) is 31.4. The van der Waals surface area contributed by atoms with Gasteiger partial charge in [0.25, 0.3) is 11.8 Å². The van der Waals surface area contributed by atoms with Crippen LogP contribution in [0.4, 0.5) is 5.82 Å². The molecule has 2 aliphatic rings. The molecule has 4 heterocycles. The number of hydrogen-bond donors (Lipinski definition) is 1. The highest BCUT2D eigenvalue weighted by Gasteiger charge is 2.23. The molecule has 2 fully saturated rings. The largest absolute Gasteiger partial charge is 0.488 e. The molecule has 2 amide bonds. The van der Waals surface area contributed by atoms with Gasteiger partial charge in [-0.15, -0.1) is 0 Å². The van der Waals surface area contributed by atoms with Crippen LogP contribution in [0.5, 0.6) is 17.4 Å². The fraction of sp³-hybridized carbons (Fsp3) is 0.360. The van der Waals surface area contributed by atoms with E-state index in [-0.39, 0.29) is 28.8 Å². The van der Waals surface area contributed by atoms with Gasteiger partial charge in [0, 0.05) is 56.1 Å². The van der Waals surface area contributed by atoms with Crippen LogP contribution in [0.25, 0.3) is 0 Å². The molecule has 2 aromatic heterocycles. The van der Waals surface area contributed by atoms with Crippen LogP contribution in [0.1, 0.15) is 40.5 Å². The number of pyridine rings is 1. The summed E-state index contributed by atoms with van der Waals surface area (Å²) in [6, 6.07) is 8.14. The van der Waals surface area contributed by atoms with Crippen molar-refractivity contribution in [1.82, 2.24) is 19.7 Å². The lowest BCUT2D eigenvalue weighted by molar-refractivity contribution is 0.0651. The molecule has 1 N–H and O–H groups in total. The average Bonchev–Trinajstić information content (AvgIpc) is 3.51. The number of amides is 2. The first-order valence-corrected chi connectivity index (χ1v) is 12.2. The van der Waals surface area contributed by atoms with Crippen LogP contribution in [0, 0.1) is 0 Å². The highest BCUT2D eigenvalue weighted by molar-refractivity contribution is 6.32. The lowest BCUT2D eigenvalue weighted by atomic mass is 10.1. The zero-order chi connectivity index (χ0) is 25.1. The molecule has 0 radical (unpaired) electrons. The van der Waals surface area contributed by atoms with Gasteiger partial charge < -0.3 is 24.4 Å². The zero-order valence-electron chi connectivity index (χ0n) is 19.8. The number of anilines is 1. The normalized spacial score (nSPS) is 16.9. The molecule has 10 nitrogen and oxygen atoms in total. The standard InChI is InChI=1S/C25H26ClN5O5/c1-2-31-8-4-22(29-31)28-23(32)16-10-19(35-18-5-9-34-15-18)13-20(11-16)36-24-21(26)12-17(14-27-24)25(33)30-6-3-7-30/h4,8,10-14,18H,2-3,5-7,9,15H2,1H3,(H,28,29,32)/t18-/m0/s1. The van der Waals surface area contributed by atoms with Crippen LogP contribution in [0.3, 0.4) is 0 Å². The molecule has 2 saturated heterocycles. The topological polar surface area (TPSA) is 108 Å². The van der Waals surface area contributed by atoms with Crippen LogP contribution in [0.15, 0.2) is 42.7 Å². The number of carbonyl (C=O) groups excluding carboxylic acids is 2. The molecule has 0 spiro atoms. The fourth-order valence-corrected chi connectivity index (χ4v) is 4.06. The van der Waals surface area contributed by atoms with Crippen molar-refractivity contribution < 1.29 is 23.8 Å². The highest BCUT2D eigenvalue weighted by Crippen LogP contribution is 2.32. The van der Waals surface area contributed by atoms with E-state index in [0.29, 0.717) is 48.2 Å². The SMILES string of the molecule is CCn1ccc(NC(=O)c2cc(Oc3ncc(C(=O)N4CCC4)cc3Cl)cc(O[C@H]3CCOC3)c2)n1. The van der Waals surface area contributed by atoms with E-state index in [1.807, 2.05) is 6.92 Å². The van der Waals surface area contributed by atoms with E-state index < -0.39 is 0 Å². The van der Waals surface area contributed by atoms with Crippen molar-refractivity contribution >= 4 is 29.2 Å². The predicted octanol–water partition coefficient (Wildman–Crippen LogP) is 4.01. The van der Waals surface area contributed by atoms with Crippen molar-refractivity contribution in [2.75, 3.05) is 31.6 Å². The zero-order valence-corrected chi connectivity index (χ0v) is 20.5. The maximum absolute atomic E-state index is 13.0. The molecule has 3 aromatic rings. The van der Waals surface area contributed by atoms with Crippen molar-refractivity contribution in [2.45, 2.75) is 32.4 Å². The number of likely N-dealkylation sites (tertiary alicyclic amines) is 1. The molecule has 0 unspecified atom stereocenters. The minimum absolute atomic E-state index is 0.110. The predicted molar refractivity (Wildman–Crippen MR) is 132 cm³/mol. The molecule has 36 heavy (non-hydrogen) atoms. The quantitative estimate of drug-likeness (QED) is 0.486. The van der Waals surface area contributed by atoms with E-state index in [4.69, 9.17) is 25.8 Å². The van der Waals surface area contributed by atoms with Crippen molar-refractivity contribution in [3.05, 3.63) is 58.9 Å². The summed E-state index contributed by atoms with van der Waals surface area (Å²) in [6.45, 7) is 5.21. The molecule has 188 valence electrons. The van der Waals surface area contributed by atoms with Crippen molar-refractivity contribution in [1.29, 1.82) is 0 Å². The molecule has 5 rings (SSSR count). The van der Waals surface area contributed by atoms with Crippen molar-refractivity contribution in [3.63, 3.8) is 0 Å². The number of benzene rings is 1. The summed E-state index contributed by atoms with van der Waals surface area (Å²) in [7, 11) is 0. The Balaban J connectivity index is 1.38. The molecular formula is C25H26ClN5O5. The van der Waals surface area contributed by atoms with Crippen molar-refractivity contribution in [2.24, 2.45) is 0 Å². The first-order chi connectivity index (χ1) is 17.5. The van der Waals surface area contributed by atoms with E-state index >= 15 is 0 Å². The van der Waals surface area contributed by atoms with Crippen LogP contribution in [-0.4, -0.2) is 63.9 Å². The number of halogens is 1. The summed E-state index contributed by atoms with van der Waals surface area (Å²) in [5.74, 6) is 0.836. The Morgan fingerprint density at radius 2 is 2.03 bits per heavy atom. The van der Waals surface area contributed by atoms with Gasteiger partial charge in [0.2, 0.25) is 5.88 Å². The summed E-state index contributed by atoms with van der Waals surface area (Å²) in [5.41, 5.74) is 0.713. The van der Waals surface area contributed by atoms with E-state index in [2.05, 4.69) is 15.4 Å². The smallest absolute Gasteiger partial charge is 0.257 e. The number of hydrogen-bond acceptors (Lipinski definition) is 7. The molecule has 11 heteroatoms. The Hall–Kier alpha value is -3.63. The second-order valence-electron chi connectivity index (χ2n) is 8.57. The Morgan fingerprint density at radius 1 is 1.19 bits per heavy atom. The van der Waals surface area contributed by atoms with Gasteiger partial charge in [0.05, 0.1) is 18.8 Å². The first kappa shape index (κ1) is 24.1. The number of aromatic nitrogens is 3. The Labute approximate surface area is 213 Å². The third-order valence-electron chi connectivity index (χ3n) is 5.95. The van der Waals surface area contributed by atoms with E-state index in [1.165, 1.54) is 6.20 Å². The number of ether oxygens (including phenoxy) is 3. The Kier molecular flexibility index (Phi) is 7.06. The van der Waals surface area contributed by atoms with Gasteiger partial charge in [0.1, 0.15) is 22.6 Å². The van der Waals surface area contributed by atoms with Gasteiger partial charge in [-0.3, -0.25) is 14.3 Å². The van der Waals surface area contributed by atoms with Gasteiger partial charge in [-0.05, 0) is 31.5 Å². The molecule has 0 saturated carbocycles. The van der Waals surface area contributed by atoms with Gasteiger partial charge in [-0.25, -0.2) is 4.98 Å². The highest BCUT2D eigenvalue weighted by atomic mass is 35.5. The molecular weight excluding hydrogens is 486 g/mol. The number of rotatable bonds is 8. The number of aryl methyl sites for hydroxylation is 1. The van der Waals surface area contributed by atoms with Gasteiger partial charge >= 0.3 is 0 Å². The van der Waals surface area contributed by atoms with Gasteiger partial charge in [-0.1, -0.05) is 11.6 Å². The average molecular weight is 512 g/mol. The van der Waals surface area contributed by atoms with Crippen molar-refractivity contribution in [3.8, 4) is 17.4 Å². The third-order valence-corrected chi connectivity index (χ3v) is 6.22. The lowest BCUT2D eigenvalue weighted by Crippen LogP contribution is -2.42. The monoisotopic (exact) mass is 511 g/mol. The fourth-order valence-electron chi connectivity index (χ4n) is 3.85. The van der Waals surface area contributed by atoms with Gasteiger partial charge in [0.15, 0.2) is 5.82 Å². The minimum Gasteiger partial charge on any atom is -0.488 e. The second-order valence-corrected chi connectivity index (χ2v) is 8.97. The maximum Gasteiger partial charge on any atom is 0.257 e. The minimum atomic E-state index is -0.371. The van der Waals surface area contributed by atoms with Crippen LogP contribution >= 0.6 is 11.6 Å². The Morgan fingerprint density at radius 3 is 2.69 bits per heavy atom. The molecule has 1 aromatic carbocycles. The first-order valence-electron chi connectivity index (χ1n) is 11.9. The summed E-state index contributed by atoms with van der Waals surface area (Å²) in [6.07, 6.45) is 4.85. The van der Waals surface area contributed by atoms with E-state index in [9.17, 15) is 9.59 Å². The lowest BCUT2D eigenvalue weighted by Gasteiger charge is -2.30.